The van der Waals surface area contributed by atoms with E-state index in [2.05, 4.69) is 10.0 Å². The first-order chi connectivity index (χ1) is 9.97. The number of aryl methyl sites for hydroxylation is 1. The van der Waals surface area contributed by atoms with Crippen molar-refractivity contribution in [2.45, 2.75) is 18.2 Å². The van der Waals surface area contributed by atoms with Crippen LogP contribution < -0.4 is 19.5 Å². The Balaban J connectivity index is 0.00000242. The number of methoxy groups -OCH3 is 2. The normalized spacial score (nSPS) is 17.9. The van der Waals surface area contributed by atoms with Crippen LogP contribution in [-0.2, 0) is 10.0 Å². The molecule has 8 heteroatoms. The molecule has 0 aromatic heterocycles. The Bertz CT molecular complexity index is 601. The summed E-state index contributed by atoms with van der Waals surface area (Å²) >= 11 is 0. The molecule has 6 nitrogen and oxygen atoms in total. The molecular weight excluding hydrogens is 328 g/mol. The van der Waals surface area contributed by atoms with Gasteiger partial charge in [-0.25, -0.2) is 13.1 Å². The molecule has 1 aliphatic rings. The van der Waals surface area contributed by atoms with E-state index in [0.717, 1.165) is 19.5 Å². The topological polar surface area (TPSA) is 76.7 Å². The van der Waals surface area contributed by atoms with Gasteiger partial charge >= 0.3 is 0 Å². The number of sulfonamides is 1. The summed E-state index contributed by atoms with van der Waals surface area (Å²) in [6.07, 6.45) is 0.993. The maximum atomic E-state index is 12.4. The van der Waals surface area contributed by atoms with Gasteiger partial charge in [-0.1, -0.05) is 0 Å². The highest BCUT2D eigenvalue weighted by molar-refractivity contribution is 7.89. The lowest BCUT2D eigenvalue weighted by molar-refractivity contribution is 0.353. The van der Waals surface area contributed by atoms with E-state index in [0.29, 0.717) is 29.5 Å². The highest BCUT2D eigenvalue weighted by atomic mass is 35.5. The zero-order chi connectivity index (χ0) is 15.5. The van der Waals surface area contributed by atoms with Gasteiger partial charge in [-0.3, -0.25) is 0 Å². The number of rotatable bonds is 6. The lowest BCUT2D eigenvalue weighted by atomic mass is 10.1. The molecular formula is C14H23ClN2O4S. The minimum Gasteiger partial charge on any atom is -0.493 e. The fraction of sp³-hybridized carbons (Fsp3) is 0.571. The number of halogens is 1. The third-order valence-electron chi connectivity index (χ3n) is 3.70. The third-order valence-corrected chi connectivity index (χ3v) is 5.26. The van der Waals surface area contributed by atoms with Crippen LogP contribution in [0.4, 0.5) is 0 Å². The summed E-state index contributed by atoms with van der Waals surface area (Å²) < 4.78 is 37.9. The standard InChI is InChI=1S/C14H22N2O4S.ClH/c1-10-6-12(19-2)13(20-3)7-14(10)21(17,18)16-9-11-4-5-15-8-11;/h6-7,11,15-16H,4-5,8-9H2,1-3H3;1H. The molecule has 1 atom stereocenters. The van der Waals surface area contributed by atoms with E-state index in [1.165, 1.54) is 20.3 Å². The van der Waals surface area contributed by atoms with E-state index in [1.807, 2.05) is 0 Å². The van der Waals surface area contributed by atoms with Crippen molar-refractivity contribution in [1.29, 1.82) is 0 Å². The number of benzene rings is 1. The molecule has 2 N–H and O–H groups in total. The lowest BCUT2D eigenvalue weighted by Crippen LogP contribution is -2.30. The average Bonchev–Trinajstić information content (AvgIpc) is 2.98. The Hall–Kier alpha value is -1.02. The number of hydrogen-bond acceptors (Lipinski definition) is 5. The summed E-state index contributed by atoms with van der Waals surface area (Å²) in [6.45, 7) is 3.99. The van der Waals surface area contributed by atoms with Crippen molar-refractivity contribution in [2.75, 3.05) is 33.9 Å². The molecule has 0 aliphatic carbocycles. The minimum absolute atomic E-state index is 0. The molecule has 0 spiro atoms. The Morgan fingerprint density at radius 1 is 1.27 bits per heavy atom. The van der Waals surface area contributed by atoms with Crippen molar-refractivity contribution in [3.05, 3.63) is 17.7 Å². The molecule has 1 aliphatic heterocycles. The molecule has 0 saturated carbocycles. The Kier molecular flexibility index (Phi) is 6.93. The van der Waals surface area contributed by atoms with E-state index in [4.69, 9.17) is 9.47 Å². The van der Waals surface area contributed by atoms with Crippen molar-refractivity contribution in [3.8, 4) is 11.5 Å². The van der Waals surface area contributed by atoms with Gasteiger partial charge in [0.25, 0.3) is 0 Å². The maximum absolute atomic E-state index is 12.4. The number of nitrogens with one attached hydrogen (secondary N) is 2. The summed E-state index contributed by atoms with van der Waals surface area (Å²) in [4.78, 5) is 0.228. The van der Waals surface area contributed by atoms with Gasteiger partial charge in [0.2, 0.25) is 10.0 Å². The summed E-state index contributed by atoms with van der Waals surface area (Å²) in [6, 6.07) is 3.17. The van der Waals surface area contributed by atoms with Gasteiger partial charge in [-0.15, -0.1) is 12.4 Å². The maximum Gasteiger partial charge on any atom is 0.240 e. The van der Waals surface area contributed by atoms with Crippen molar-refractivity contribution < 1.29 is 17.9 Å². The molecule has 1 heterocycles. The second-order valence-corrected chi connectivity index (χ2v) is 6.92. The van der Waals surface area contributed by atoms with Crippen LogP contribution in [0.25, 0.3) is 0 Å². The molecule has 126 valence electrons. The highest BCUT2D eigenvalue weighted by Crippen LogP contribution is 2.32. The quantitative estimate of drug-likeness (QED) is 0.809. The van der Waals surface area contributed by atoms with E-state index >= 15 is 0 Å². The zero-order valence-corrected chi connectivity index (χ0v) is 14.6. The highest BCUT2D eigenvalue weighted by Gasteiger charge is 2.22. The first kappa shape index (κ1) is 19.0. The molecule has 1 fully saturated rings. The van der Waals surface area contributed by atoms with Crippen molar-refractivity contribution in [3.63, 3.8) is 0 Å². The van der Waals surface area contributed by atoms with Crippen molar-refractivity contribution >= 4 is 22.4 Å². The van der Waals surface area contributed by atoms with E-state index in [9.17, 15) is 8.42 Å². The van der Waals surface area contributed by atoms with Crippen LogP contribution in [-0.4, -0.2) is 42.3 Å². The van der Waals surface area contributed by atoms with Gasteiger partial charge in [-0.05, 0) is 44.0 Å². The summed E-state index contributed by atoms with van der Waals surface area (Å²) in [5.41, 5.74) is 0.629. The second-order valence-electron chi connectivity index (χ2n) is 5.18. The minimum atomic E-state index is -3.55. The van der Waals surface area contributed by atoms with Crippen LogP contribution in [0.3, 0.4) is 0 Å². The monoisotopic (exact) mass is 350 g/mol. The van der Waals surface area contributed by atoms with Gasteiger partial charge in [0, 0.05) is 12.6 Å². The van der Waals surface area contributed by atoms with Gasteiger partial charge in [0.1, 0.15) is 0 Å². The van der Waals surface area contributed by atoms with Gasteiger partial charge in [-0.2, -0.15) is 0 Å². The summed E-state index contributed by atoms with van der Waals surface area (Å²) in [5.74, 6) is 1.28. The van der Waals surface area contributed by atoms with Gasteiger partial charge in [0.15, 0.2) is 11.5 Å². The molecule has 0 amide bonds. The van der Waals surface area contributed by atoms with Crippen LogP contribution in [0.1, 0.15) is 12.0 Å². The lowest BCUT2D eigenvalue weighted by Gasteiger charge is -2.15. The second kappa shape index (κ2) is 8.01. The Morgan fingerprint density at radius 3 is 2.45 bits per heavy atom. The van der Waals surface area contributed by atoms with E-state index in [1.54, 1.807) is 13.0 Å². The molecule has 1 unspecified atom stereocenters. The Labute approximate surface area is 138 Å². The number of hydrogen-bond donors (Lipinski definition) is 2. The van der Waals surface area contributed by atoms with Crippen LogP contribution in [0.2, 0.25) is 0 Å². The predicted molar refractivity (Wildman–Crippen MR) is 87.7 cm³/mol. The average molecular weight is 351 g/mol. The van der Waals surface area contributed by atoms with Gasteiger partial charge < -0.3 is 14.8 Å². The SMILES string of the molecule is COc1cc(C)c(S(=O)(=O)NCC2CCNC2)cc1OC.Cl. The van der Waals surface area contributed by atoms with Gasteiger partial charge in [0.05, 0.1) is 19.1 Å². The first-order valence-corrected chi connectivity index (χ1v) is 8.39. The first-order valence-electron chi connectivity index (χ1n) is 6.91. The molecule has 0 bridgehead atoms. The largest absolute Gasteiger partial charge is 0.493 e. The van der Waals surface area contributed by atoms with E-state index in [-0.39, 0.29) is 17.3 Å². The molecule has 22 heavy (non-hydrogen) atoms. The molecule has 2 rings (SSSR count). The van der Waals surface area contributed by atoms with E-state index < -0.39 is 10.0 Å². The number of ether oxygens (including phenoxy) is 2. The smallest absolute Gasteiger partial charge is 0.240 e. The van der Waals surface area contributed by atoms with Crippen LogP contribution in [0.15, 0.2) is 17.0 Å². The fourth-order valence-electron chi connectivity index (χ4n) is 2.45. The zero-order valence-electron chi connectivity index (χ0n) is 13.0. The molecule has 1 saturated heterocycles. The predicted octanol–water partition coefficient (Wildman–Crippen LogP) is 1.32. The van der Waals surface area contributed by atoms with Crippen LogP contribution in [0, 0.1) is 12.8 Å². The molecule has 1 aromatic carbocycles. The Morgan fingerprint density at radius 2 is 1.91 bits per heavy atom. The van der Waals surface area contributed by atoms with Crippen LogP contribution >= 0.6 is 12.4 Å². The third kappa shape index (κ3) is 4.25. The van der Waals surface area contributed by atoms with Crippen molar-refractivity contribution in [1.82, 2.24) is 10.0 Å². The summed E-state index contributed by atoms with van der Waals surface area (Å²) in [5, 5.41) is 3.22. The molecule has 1 aromatic rings. The fourth-order valence-corrected chi connectivity index (χ4v) is 3.80. The summed E-state index contributed by atoms with van der Waals surface area (Å²) in [7, 11) is -0.537. The van der Waals surface area contributed by atoms with Crippen LogP contribution in [0.5, 0.6) is 11.5 Å². The van der Waals surface area contributed by atoms with Crippen molar-refractivity contribution in [2.24, 2.45) is 5.92 Å². The molecule has 0 radical (unpaired) electrons.